The molecule has 0 aliphatic carbocycles. The molecule has 6 rings (SSSR count). The highest BCUT2D eigenvalue weighted by atomic mass is 79.9. The van der Waals surface area contributed by atoms with Crippen molar-refractivity contribution in [2.45, 2.75) is 35.1 Å². The summed E-state index contributed by atoms with van der Waals surface area (Å²) in [6.45, 7) is 4.69. The van der Waals surface area contributed by atoms with E-state index in [-0.39, 0.29) is 23.9 Å². The van der Waals surface area contributed by atoms with E-state index < -0.39 is 15.7 Å². The zero-order valence-corrected chi connectivity index (χ0v) is 28.1. The van der Waals surface area contributed by atoms with E-state index in [1.54, 1.807) is 23.1 Å². The number of aromatic amines is 1. The molecule has 1 aromatic heterocycles. The number of aromatic nitrogens is 1. The Balaban J connectivity index is 1.39. The van der Waals surface area contributed by atoms with Gasteiger partial charge in [-0.15, -0.1) is 11.8 Å². The number of hydrogen-bond donors (Lipinski definition) is 2. The largest absolute Gasteiger partial charge is 0.379 e. The normalized spacial score (nSPS) is 20.3. The molecule has 3 aromatic carbocycles. The number of morpholine rings is 1. The average Bonchev–Trinajstić information content (AvgIpc) is 3.58. The van der Waals surface area contributed by atoms with Gasteiger partial charge in [-0.25, -0.2) is 0 Å². The first kappa shape index (κ1) is 32.5. The molecule has 4 aromatic rings. The van der Waals surface area contributed by atoms with Gasteiger partial charge in [0.05, 0.1) is 30.6 Å². The summed E-state index contributed by atoms with van der Waals surface area (Å²) in [5, 5.41) is 16.0. The Morgan fingerprint density at radius 1 is 1.13 bits per heavy atom. The van der Waals surface area contributed by atoms with E-state index in [9.17, 15) is 19.7 Å². The van der Waals surface area contributed by atoms with Gasteiger partial charge in [0.1, 0.15) is 4.75 Å². The number of hydrogen-bond acceptors (Lipinski definition) is 7. The van der Waals surface area contributed by atoms with Crippen LogP contribution in [0, 0.1) is 10.1 Å². The Morgan fingerprint density at radius 3 is 2.59 bits per heavy atom. The number of carbonyl (C=O) groups is 2. The lowest BCUT2D eigenvalue weighted by molar-refractivity contribution is -0.384. The third kappa shape index (κ3) is 6.96. The first-order valence-corrected chi connectivity index (χ1v) is 17.0. The Morgan fingerprint density at radius 2 is 1.87 bits per heavy atom. The van der Waals surface area contributed by atoms with Crippen LogP contribution in [0.3, 0.4) is 0 Å². The number of likely N-dealkylation sites (tertiary alicyclic amines) is 1. The monoisotopic (exact) mass is 725 g/mol. The van der Waals surface area contributed by atoms with Gasteiger partial charge in [0.25, 0.3) is 5.69 Å². The van der Waals surface area contributed by atoms with Gasteiger partial charge in [-0.05, 0) is 54.9 Å². The van der Waals surface area contributed by atoms with Gasteiger partial charge in [0.2, 0.25) is 11.8 Å². The maximum Gasteiger partial charge on any atom is 0.269 e. The van der Waals surface area contributed by atoms with Crippen LogP contribution >= 0.6 is 39.3 Å². The molecule has 240 valence electrons. The number of nitrogens with zero attached hydrogens (tertiary/aromatic N) is 3. The summed E-state index contributed by atoms with van der Waals surface area (Å²) in [5.74, 6) is -0.410. The molecule has 46 heavy (non-hydrogen) atoms. The van der Waals surface area contributed by atoms with Crippen molar-refractivity contribution in [3.05, 3.63) is 104 Å². The molecule has 13 heteroatoms. The molecular formula is C33H33BrClN5O5S. The number of rotatable bonds is 11. The zero-order valence-electron chi connectivity index (χ0n) is 24.9. The lowest BCUT2D eigenvalue weighted by Crippen LogP contribution is -2.48. The highest BCUT2D eigenvalue weighted by Gasteiger charge is 2.58. The van der Waals surface area contributed by atoms with Crippen molar-refractivity contribution < 1.29 is 19.2 Å². The fourth-order valence-corrected chi connectivity index (χ4v) is 8.07. The number of halogens is 2. The highest BCUT2D eigenvalue weighted by molar-refractivity contribution is 9.10. The van der Waals surface area contributed by atoms with Gasteiger partial charge in [-0.2, -0.15) is 0 Å². The Labute approximate surface area is 284 Å². The minimum Gasteiger partial charge on any atom is -0.379 e. The summed E-state index contributed by atoms with van der Waals surface area (Å²) in [6.07, 6.45) is 2.55. The molecule has 3 heterocycles. The second-order valence-corrected chi connectivity index (χ2v) is 14.2. The first-order valence-electron chi connectivity index (χ1n) is 15.1. The summed E-state index contributed by atoms with van der Waals surface area (Å²) in [6, 6.07) is 18.8. The second-order valence-electron chi connectivity index (χ2n) is 11.5. The van der Waals surface area contributed by atoms with Crippen LogP contribution in [0.15, 0.2) is 82.3 Å². The topological polar surface area (TPSA) is 121 Å². The number of fused-ring (bicyclic) bond motifs is 1. The number of ether oxygens (including phenoxy) is 1. The number of amides is 2. The number of benzene rings is 3. The fraction of sp³-hybridized carbons (Fsp3) is 0.333. The van der Waals surface area contributed by atoms with Gasteiger partial charge in [-0.3, -0.25) is 24.6 Å². The van der Waals surface area contributed by atoms with E-state index in [4.69, 9.17) is 16.3 Å². The van der Waals surface area contributed by atoms with Crippen molar-refractivity contribution in [1.29, 1.82) is 0 Å². The number of non-ortho nitro benzene ring substituents is 1. The first-order chi connectivity index (χ1) is 22.2. The predicted octanol–water partition coefficient (Wildman–Crippen LogP) is 6.34. The molecule has 10 nitrogen and oxygen atoms in total. The van der Waals surface area contributed by atoms with Crippen LogP contribution < -0.4 is 5.32 Å². The Hall–Kier alpha value is -3.42. The molecule has 2 atom stereocenters. The van der Waals surface area contributed by atoms with Crippen molar-refractivity contribution in [1.82, 2.24) is 20.1 Å². The van der Waals surface area contributed by atoms with Crippen LogP contribution in [-0.2, 0) is 20.9 Å². The molecule has 0 radical (unpaired) electrons. The van der Waals surface area contributed by atoms with Crippen LogP contribution in [0.5, 0.6) is 0 Å². The van der Waals surface area contributed by atoms with Gasteiger partial charge >= 0.3 is 0 Å². The maximum atomic E-state index is 14.6. The third-order valence-electron chi connectivity index (χ3n) is 8.50. The van der Waals surface area contributed by atoms with Crippen molar-refractivity contribution in [3.63, 3.8) is 0 Å². The van der Waals surface area contributed by atoms with E-state index >= 15 is 0 Å². The molecule has 0 bridgehead atoms. The lowest BCUT2D eigenvalue weighted by Gasteiger charge is -2.36. The van der Waals surface area contributed by atoms with Crippen molar-refractivity contribution in [2.24, 2.45) is 0 Å². The van der Waals surface area contributed by atoms with E-state index in [1.807, 2.05) is 42.6 Å². The molecule has 2 amide bonds. The Kier molecular flexibility index (Phi) is 10.00. The summed E-state index contributed by atoms with van der Waals surface area (Å²) in [7, 11) is 0. The van der Waals surface area contributed by atoms with Crippen molar-refractivity contribution in [2.75, 3.05) is 39.4 Å². The smallest absolute Gasteiger partial charge is 0.269 e. The predicted molar refractivity (Wildman–Crippen MR) is 182 cm³/mol. The van der Waals surface area contributed by atoms with Crippen LogP contribution in [0.4, 0.5) is 5.69 Å². The number of nitrogens with one attached hydrogen (secondary N) is 2. The third-order valence-corrected chi connectivity index (χ3v) is 10.7. The average molecular weight is 727 g/mol. The number of nitro benzene ring substituents is 1. The minimum atomic E-state index is -1.28. The van der Waals surface area contributed by atoms with Crippen LogP contribution in [0.25, 0.3) is 10.9 Å². The van der Waals surface area contributed by atoms with Gasteiger partial charge < -0.3 is 19.9 Å². The van der Waals surface area contributed by atoms with Crippen LogP contribution in [0.2, 0.25) is 5.02 Å². The summed E-state index contributed by atoms with van der Waals surface area (Å²) >= 11 is 11.1. The molecular weight excluding hydrogens is 694 g/mol. The second kappa shape index (κ2) is 14.1. The molecule has 2 aliphatic heterocycles. The van der Waals surface area contributed by atoms with Gasteiger partial charge in [-0.1, -0.05) is 45.7 Å². The molecule has 0 spiro atoms. The number of carbonyl (C=O) groups excluding carboxylic acids is 2. The standard InChI is InChI=1S/C33H33BrClN5O5S/c34-23-4-2-22(3-5-23)21-39-30(41)19-33(46-26-9-7-25(8-10-26)40(43)44,32(42)36-12-1-13-38-14-16-45-17-15-38)31(39)28-20-37-29-18-24(35)6-11-27(28)29/h2-11,18,20,31,37H,1,12-17,19,21H2,(H,36,42). The molecule has 2 unspecified atom stereocenters. The number of thioether (sulfide) groups is 1. The number of H-pyrrole nitrogens is 1. The molecule has 2 fully saturated rings. The quantitative estimate of drug-likeness (QED) is 0.105. The van der Waals surface area contributed by atoms with Crippen molar-refractivity contribution >= 4 is 67.7 Å². The van der Waals surface area contributed by atoms with E-state index in [2.05, 4.69) is 31.1 Å². The SMILES string of the molecule is O=C1CC(Sc2ccc([N+](=O)[O-])cc2)(C(=O)NCCCN2CCOCC2)C(c2c[nH]c3cc(Cl)ccc23)N1Cc1ccc(Br)cc1. The van der Waals surface area contributed by atoms with Gasteiger partial charge in [0, 0.05) is 75.4 Å². The minimum absolute atomic E-state index is 0.0459. The zero-order chi connectivity index (χ0) is 32.3. The molecule has 2 aliphatic rings. The summed E-state index contributed by atoms with van der Waals surface area (Å²) < 4.78 is 5.10. The lowest BCUT2D eigenvalue weighted by atomic mass is 9.91. The van der Waals surface area contributed by atoms with Gasteiger partial charge in [0.15, 0.2) is 0 Å². The Bertz CT molecular complexity index is 1730. The highest BCUT2D eigenvalue weighted by Crippen LogP contribution is 2.54. The maximum absolute atomic E-state index is 14.6. The van der Waals surface area contributed by atoms with E-state index in [0.29, 0.717) is 36.2 Å². The van der Waals surface area contributed by atoms with Crippen LogP contribution in [0.1, 0.15) is 30.0 Å². The molecule has 0 saturated carbocycles. The van der Waals surface area contributed by atoms with E-state index in [1.165, 1.54) is 23.9 Å². The molecule has 2 saturated heterocycles. The number of nitro groups is 1. The van der Waals surface area contributed by atoms with Crippen molar-refractivity contribution in [3.8, 4) is 0 Å². The fourth-order valence-electron chi connectivity index (χ4n) is 6.22. The summed E-state index contributed by atoms with van der Waals surface area (Å²) in [5.41, 5.74) is 2.47. The van der Waals surface area contributed by atoms with E-state index in [0.717, 1.165) is 52.6 Å². The van der Waals surface area contributed by atoms with Crippen LogP contribution in [-0.4, -0.2) is 75.7 Å². The summed E-state index contributed by atoms with van der Waals surface area (Å²) in [4.78, 5) is 47.7. The molecule has 2 N–H and O–H groups in total.